The quantitative estimate of drug-likeness (QED) is 0.270. The number of amides is 2. The Balaban J connectivity index is 2.07. The third kappa shape index (κ3) is 8.39. The van der Waals surface area contributed by atoms with E-state index in [1.54, 1.807) is 63.4 Å². The number of rotatable bonds is 14. The first-order valence-corrected chi connectivity index (χ1v) is 15.5. The second-order valence-electron chi connectivity index (χ2n) is 10.1. The van der Waals surface area contributed by atoms with Crippen molar-refractivity contribution in [2.24, 2.45) is 5.92 Å². The first kappa shape index (κ1) is 32.8. The predicted molar refractivity (Wildman–Crippen MR) is 164 cm³/mol. The third-order valence-corrected chi connectivity index (χ3v) is 8.48. The van der Waals surface area contributed by atoms with Crippen LogP contribution in [0.5, 0.6) is 11.5 Å². The highest BCUT2D eigenvalue weighted by Gasteiger charge is 2.34. The van der Waals surface area contributed by atoms with E-state index in [2.05, 4.69) is 5.32 Å². The van der Waals surface area contributed by atoms with Gasteiger partial charge in [0.25, 0.3) is 10.0 Å². The number of methoxy groups -OCH3 is 1. The van der Waals surface area contributed by atoms with Crippen LogP contribution in [0.15, 0.2) is 77.7 Å². The van der Waals surface area contributed by atoms with Crippen LogP contribution in [0, 0.1) is 5.92 Å². The van der Waals surface area contributed by atoms with Gasteiger partial charge in [-0.1, -0.05) is 49.7 Å². The SMILES string of the molecule is CCOc1ccccc1N(CC(=O)N(Cc1cccc(OC)c1)C(C)C(=O)NCC(C)C)S(=O)(=O)c1ccc(Cl)cc1. The number of carbonyl (C=O) groups is 2. The van der Waals surface area contributed by atoms with E-state index < -0.39 is 28.5 Å². The minimum absolute atomic E-state index is 0.0481. The number of benzene rings is 3. The van der Waals surface area contributed by atoms with Gasteiger partial charge in [-0.2, -0.15) is 0 Å². The molecule has 0 fully saturated rings. The average Bonchev–Trinajstić information content (AvgIpc) is 2.97. The maximum Gasteiger partial charge on any atom is 0.264 e. The van der Waals surface area contributed by atoms with Crippen molar-refractivity contribution in [3.05, 3.63) is 83.4 Å². The molecular formula is C31H38ClN3O6S. The van der Waals surface area contributed by atoms with Gasteiger partial charge >= 0.3 is 0 Å². The summed E-state index contributed by atoms with van der Waals surface area (Å²) in [4.78, 5) is 28.6. The Kier molecular flexibility index (Phi) is 11.6. The maximum absolute atomic E-state index is 14.1. The van der Waals surface area contributed by atoms with Crippen molar-refractivity contribution in [2.75, 3.05) is 31.1 Å². The fraction of sp³-hybridized carbons (Fsp3) is 0.355. The van der Waals surface area contributed by atoms with Crippen molar-refractivity contribution in [3.8, 4) is 11.5 Å². The molecular weight excluding hydrogens is 578 g/mol. The molecule has 0 aliphatic rings. The lowest BCUT2D eigenvalue weighted by atomic mass is 10.1. The highest BCUT2D eigenvalue weighted by atomic mass is 35.5. The molecule has 0 aromatic heterocycles. The molecule has 11 heteroatoms. The van der Waals surface area contributed by atoms with Crippen LogP contribution < -0.4 is 19.1 Å². The lowest BCUT2D eigenvalue weighted by molar-refractivity contribution is -0.139. The van der Waals surface area contributed by atoms with Gasteiger partial charge in [-0.05, 0) is 73.9 Å². The summed E-state index contributed by atoms with van der Waals surface area (Å²) in [5, 5.41) is 3.25. The number of para-hydroxylation sites is 2. The first-order chi connectivity index (χ1) is 20.0. The van der Waals surface area contributed by atoms with Gasteiger partial charge in [-0.15, -0.1) is 0 Å². The smallest absolute Gasteiger partial charge is 0.264 e. The van der Waals surface area contributed by atoms with Gasteiger partial charge in [0.15, 0.2) is 0 Å². The lowest BCUT2D eigenvalue weighted by Gasteiger charge is -2.32. The third-order valence-electron chi connectivity index (χ3n) is 6.45. The number of sulfonamides is 1. The number of halogens is 1. The van der Waals surface area contributed by atoms with Crippen molar-refractivity contribution in [1.29, 1.82) is 0 Å². The minimum Gasteiger partial charge on any atom is -0.497 e. The van der Waals surface area contributed by atoms with E-state index in [4.69, 9.17) is 21.1 Å². The second kappa shape index (κ2) is 14.9. The Hall–Kier alpha value is -3.76. The van der Waals surface area contributed by atoms with Gasteiger partial charge in [0.2, 0.25) is 11.8 Å². The van der Waals surface area contributed by atoms with Crippen molar-refractivity contribution in [2.45, 2.75) is 45.2 Å². The second-order valence-corrected chi connectivity index (χ2v) is 12.4. The standard InChI is InChI=1S/C31H38ClN3O6S/c1-6-41-29-13-8-7-12-28(29)35(42(38,39)27-16-14-25(32)15-17-27)21-30(36)34(23(4)31(37)33-19-22(2)3)20-24-10-9-11-26(18-24)40-5/h7-18,22-23H,6,19-21H2,1-5H3,(H,33,37). The summed E-state index contributed by atoms with van der Waals surface area (Å²) in [6.07, 6.45) is 0. The maximum atomic E-state index is 14.1. The number of nitrogens with zero attached hydrogens (tertiary/aromatic N) is 2. The fourth-order valence-corrected chi connectivity index (χ4v) is 5.74. The summed E-state index contributed by atoms with van der Waals surface area (Å²) >= 11 is 6.02. The Morgan fingerprint density at radius 3 is 2.31 bits per heavy atom. The van der Waals surface area contributed by atoms with Gasteiger partial charge in [-0.3, -0.25) is 13.9 Å². The van der Waals surface area contributed by atoms with Gasteiger partial charge < -0.3 is 19.7 Å². The molecule has 226 valence electrons. The Labute approximate surface area is 253 Å². The van der Waals surface area contributed by atoms with Crippen LogP contribution in [-0.4, -0.2) is 58.0 Å². The molecule has 3 aromatic rings. The van der Waals surface area contributed by atoms with Crippen molar-refractivity contribution < 1.29 is 27.5 Å². The van der Waals surface area contributed by atoms with Crippen molar-refractivity contribution in [3.63, 3.8) is 0 Å². The highest BCUT2D eigenvalue weighted by molar-refractivity contribution is 7.92. The first-order valence-electron chi connectivity index (χ1n) is 13.7. The summed E-state index contributed by atoms with van der Waals surface area (Å²) in [5.41, 5.74) is 0.911. The number of ether oxygens (including phenoxy) is 2. The normalized spacial score (nSPS) is 12.0. The molecule has 0 saturated heterocycles. The molecule has 42 heavy (non-hydrogen) atoms. The van der Waals surface area contributed by atoms with Crippen LogP contribution in [0.4, 0.5) is 5.69 Å². The zero-order valence-electron chi connectivity index (χ0n) is 24.5. The lowest BCUT2D eigenvalue weighted by Crippen LogP contribution is -2.51. The number of nitrogens with one attached hydrogen (secondary N) is 1. The molecule has 3 aromatic carbocycles. The Bertz CT molecular complexity index is 1460. The van der Waals surface area contributed by atoms with E-state index in [1.807, 2.05) is 19.9 Å². The molecule has 9 nitrogen and oxygen atoms in total. The number of carbonyl (C=O) groups excluding carboxylic acids is 2. The molecule has 1 atom stereocenters. The fourth-order valence-electron chi connectivity index (χ4n) is 4.19. The van der Waals surface area contributed by atoms with Crippen LogP contribution in [0.3, 0.4) is 0 Å². The van der Waals surface area contributed by atoms with Crippen LogP contribution >= 0.6 is 11.6 Å². The summed E-state index contributed by atoms with van der Waals surface area (Å²) in [5.74, 6) is 0.177. The van der Waals surface area contributed by atoms with Gasteiger partial charge in [0.05, 0.1) is 24.3 Å². The molecule has 0 bridgehead atoms. The Morgan fingerprint density at radius 1 is 0.976 bits per heavy atom. The minimum atomic E-state index is -4.26. The molecule has 2 amide bonds. The van der Waals surface area contributed by atoms with Crippen LogP contribution in [0.2, 0.25) is 5.02 Å². The van der Waals surface area contributed by atoms with E-state index in [1.165, 1.54) is 29.2 Å². The van der Waals surface area contributed by atoms with Crippen LogP contribution in [0.1, 0.15) is 33.3 Å². The van der Waals surface area contributed by atoms with Gasteiger partial charge in [-0.25, -0.2) is 8.42 Å². The summed E-state index contributed by atoms with van der Waals surface area (Å²) < 4.78 is 40.2. The number of hydrogen-bond acceptors (Lipinski definition) is 6. The molecule has 1 N–H and O–H groups in total. The van der Waals surface area contributed by atoms with E-state index >= 15 is 0 Å². The van der Waals surface area contributed by atoms with E-state index in [0.29, 0.717) is 28.6 Å². The largest absolute Gasteiger partial charge is 0.497 e. The molecule has 0 saturated carbocycles. The molecule has 1 unspecified atom stereocenters. The number of hydrogen-bond donors (Lipinski definition) is 1. The molecule has 0 radical (unpaired) electrons. The summed E-state index contributed by atoms with van der Waals surface area (Å²) in [7, 11) is -2.72. The highest BCUT2D eigenvalue weighted by Crippen LogP contribution is 2.33. The van der Waals surface area contributed by atoms with E-state index in [-0.39, 0.29) is 35.6 Å². The van der Waals surface area contributed by atoms with E-state index in [0.717, 1.165) is 4.31 Å². The zero-order valence-corrected chi connectivity index (χ0v) is 26.1. The number of anilines is 1. The van der Waals surface area contributed by atoms with Crippen molar-refractivity contribution in [1.82, 2.24) is 10.2 Å². The molecule has 3 rings (SSSR count). The van der Waals surface area contributed by atoms with Crippen molar-refractivity contribution >= 4 is 39.1 Å². The molecule has 0 heterocycles. The van der Waals surface area contributed by atoms with Gasteiger partial charge in [0.1, 0.15) is 24.1 Å². The van der Waals surface area contributed by atoms with Gasteiger partial charge in [0, 0.05) is 18.1 Å². The van der Waals surface area contributed by atoms with Crippen LogP contribution in [-0.2, 0) is 26.2 Å². The molecule has 0 aliphatic carbocycles. The monoisotopic (exact) mass is 615 g/mol. The summed E-state index contributed by atoms with van der Waals surface area (Å²) in [6.45, 7) is 7.54. The van der Waals surface area contributed by atoms with Crippen LogP contribution in [0.25, 0.3) is 0 Å². The topological polar surface area (TPSA) is 105 Å². The average molecular weight is 616 g/mol. The zero-order chi connectivity index (χ0) is 30.9. The summed E-state index contributed by atoms with van der Waals surface area (Å²) in [6, 6.07) is 18.6. The molecule has 0 aliphatic heterocycles. The Morgan fingerprint density at radius 2 is 1.67 bits per heavy atom. The molecule has 0 spiro atoms. The predicted octanol–water partition coefficient (Wildman–Crippen LogP) is 5.13. The van der Waals surface area contributed by atoms with E-state index in [9.17, 15) is 18.0 Å².